The van der Waals surface area contributed by atoms with E-state index in [1.807, 2.05) is 18.2 Å². The summed E-state index contributed by atoms with van der Waals surface area (Å²) in [6, 6.07) is 9.64. The summed E-state index contributed by atoms with van der Waals surface area (Å²) in [7, 11) is 4.55. The number of hydrogen-bond donors (Lipinski definition) is 0. The van der Waals surface area contributed by atoms with E-state index >= 15 is 0 Å². The van der Waals surface area contributed by atoms with Gasteiger partial charge in [0, 0.05) is 0 Å². The topological polar surface area (TPSA) is 72.5 Å². The summed E-state index contributed by atoms with van der Waals surface area (Å²) in [6.07, 6.45) is 3.05. The van der Waals surface area contributed by atoms with E-state index in [-0.39, 0.29) is 8.69 Å². The number of ether oxygens (including phenoxy) is 5. The van der Waals surface area contributed by atoms with E-state index in [0.717, 1.165) is 30.8 Å². The first-order chi connectivity index (χ1) is 14.2. The molecule has 4 rings (SSSR count). The predicted molar refractivity (Wildman–Crippen MR) is 108 cm³/mol. The number of aryl methyl sites for hydroxylation is 1. The number of rotatable bonds is 6. The van der Waals surface area contributed by atoms with E-state index in [0.29, 0.717) is 36.6 Å². The minimum atomic E-state index is -0.226. The Bertz CT molecular complexity index is 818. The molecule has 2 aromatic rings. The maximum atomic E-state index is 10.3. The van der Waals surface area contributed by atoms with E-state index in [1.54, 1.807) is 21.3 Å². The maximum absolute atomic E-state index is 10.3. The molecule has 2 aliphatic rings. The van der Waals surface area contributed by atoms with Gasteiger partial charge in [0.05, 0.1) is 27.9 Å². The van der Waals surface area contributed by atoms with Gasteiger partial charge in [-0.1, -0.05) is 6.07 Å². The van der Waals surface area contributed by atoms with E-state index in [9.17, 15) is 4.57 Å². The molecule has 0 bridgehead atoms. The van der Waals surface area contributed by atoms with Crippen molar-refractivity contribution in [2.75, 3.05) is 34.7 Å². The van der Waals surface area contributed by atoms with Crippen LogP contribution in [0.3, 0.4) is 0 Å². The fourth-order valence-corrected chi connectivity index (χ4v) is 3.79. The van der Waals surface area contributed by atoms with Gasteiger partial charge in [-0.15, -0.1) is 0 Å². The molecule has 0 spiro atoms. The monoisotopic (exact) mass is 420 g/mol. The van der Waals surface area contributed by atoms with E-state index < -0.39 is 0 Å². The predicted octanol–water partition coefficient (Wildman–Crippen LogP) is 4.46. The van der Waals surface area contributed by atoms with Crippen molar-refractivity contribution in [1.29, 1.82) is 0 Å². The molecule has 1 atom stereocenters. The summed E-state index contributed by atoms with van der Waals surface area (Å²) in [4.78, 5) is 0. The van der Waals surface area contributed by atoms with E-state index in [2.05, 4.69) is 12.1 Å². The Kier molecular flexibility index (Phi) is 7.55. The minimum Gasteiger partial charge on any atom is -0.493 e. The Balaban J connectivity index is 0.000000177. The zero-order valence-corrected chi connectivity index (χ0v) is 17.7. The van der Waals surface area contributed by atoms with Crippen molar-refractivity contribution in [2.24, 2.45) is 5.92 Å². The van der Waals surface area contributed by atoms with Crippen LogP contribution in [-0.4, -0.2) is 34.7 Å². The third kappa shape index (κ3) is 5.11. The Morgan fingerprint density at radius 2 is 1.66 bits per heavy atom. The lowest BCUT2D eigenvalue weighted by atomic mass is 9.84. The van der Waals surface area contributed by atoms with Gasteiger partial charge in [-0.25, -0.2) is 4.57 Å². The molecule has 0 saturated carbocycles. The lowest BCUT2D eigenvalue weighted by molar-refractivity contribution is 0.174. The summed E-state index contributed by atoms with van der Waals surface area (Å²) in [5, 5.41) is 0. The molecule has 0 unspecified atom stereocenters. The SMILES string of the molecule is COc1cccc(OC)c1OC.O=POC[C@H]1CCc2cc3c(cc2C1)OCO3. The molecule has 8 heteroatoms. The van der Waals surface area contributed by atoms with Gasteiger partial charge in [-0.05, 0) is 60.6 Å². The molecular formula is C21H25O7P. The van der Waals surface area contributed by atoms with Gasteiger partial charge >= 0.3 is 8.69 Å². The quantitative estimate of drug-likeness (QED) is 0.639. The molecule has 0 amide bonds. The first-order valence-corrected chi connectivity index (χ1v) is 10.0. The summed E-state index contributed by atoms with van der Waals surface area (Å²) in [5.41, 5.74) is 2.64. The van der Waals surface area contributed by atoms with Crippen molar-refractivity contribution in [3.63, 3.8) is 0 Å². The molecule has 0 aromatic heterocycles. The van der Waals surface area contributed by atoms with Crippen molar-refractivity contribution in [3.05, 3.63) is 41.5 Å². The summed E-state index contributed by atoms with van der Waals surface area (Å²) < 4.78 is 41.2. The fraction of sp³-hybridized carbons (Fsp3) is 0.429. The second-order valence-electron chi connectivity index (χ2n) is 6.65. The smallest absolute Gasteiger partial charge is 0.327 e. The van der Waals surface area contributed by atoms with Gasteiger partial charge in [0.25, 0.3) is 0 Å². The minimum absolute atomic E-state index is 0.226. The molecule has 1 aliphatic carbocycles. The molecule has 1 heterocycles. The van der Waals surface area contributed by atoms with Crippen LogP contribution in [0.5, 0.6) is 28.7 Å². The number of methoxy groups -OCH3 is 3. The average Bonchev–Trinajstić information content (AvgIpc) is 3.22. The zero-order chi connectivity index (χ0) is 20.6. The largest absolute Gasteiger partial charge is 0.493 e. The third-order valence-electron chi connectivity index (χ3n) is 4.98. The van der Waals surface area contributed by atoms with Crippen molar-refractivity contribution in [3.8, 4) is 28.7 Å². The number of benzene rings is 2. The zero-order valence-electron chi connectivity index (χ0n) is 16.8. The van der Waals surface area contributed by atoms with Crippen LogP contribution in [0.2, 0.25) is 0 Å². The fourth-order valence-electron chi connectivity index (χ4n) is 3.52. The van der Waals surface area contributed by atoms with Gasteiger partial charge in [-0.3, -0.25) is 4.52 Å². The highest BCUT2D eigenvalue weighted by Gasteiger charge is 2.23. The van der Waals surface area contributed by atoms with E-state index in [1.165, 1.54) is 11.1 Å². The molecule has 156 valence electrons. The van der Waals surface area contributed by atoms with Crippen LogP contribution in [0.25, 0.3) is 0 Å². The standard InChI is InChI=1S/C12H13O4P.C9H12O3/c13-17-16-6-8-1-2-9-4-11-12(15-7-14-11)5-10(9)3-8;1-10-7-5-4-6-8(11-2)9(7)12-3/h4-5,8H,1-3,6-7H2;4-6H,1-3H3/t8-;/m0./s1. The Hall–Kier alpha value is -2.50. The maximum Gasteiger partial charge on any atom is 0.327 e. The molecular weight excluding hydrogens is 395 g/mol. The van der Waals surface area contributed by atoms with Crippen LogP contribution in [-0.2, 0) is 21.9 Å². The van der Waals surface area contributed by atoms with Crippen molar-refractivity contribution in [1.82, 2.24) is 0 Å². The van der Waals surface area contributed by atoms with E-state index in [4.69, 9.17) is 28.2 Å². The molecule has 2 aromatic carbocycles. The van der Waals surface area contributed by atoms with Gasteiger partial charge < -0.3 is 23.7 Å². The second kappa shape index (κ2) is 10.3. The van der Waals surface area contributed by atoms with Gasteiger partial charge in [0.1, 0.15) is 0 Å². The number of para-hydroxylation sites is 1. The Labute approximate surface area is 172 Å². The third-order valence-corrected chi connectivity index (χ3v) is 5.23. The first-order valence-electron chi connectivity index (χ1n) is 9.31. The molecule has 0 fully saturated rings. The van der Waals surface area contributed by atoms with Gasteiger partial charge in [-0.2, -0.15) is 0 Å². The Morgan fingerprint density at radius 3 is 2.24 bits per heavy atom. The Morgan fingerprint density at radius 1 is 1.00 bits per heavy atom. The van der Waals surface area contributed by atoms with Crippen LogP contribution in [0, 0.1) is 5.92 Å². The summed E-state index contributed by atoms with van der Waals surface area (Å²) >= 11 is 0. The second-order valence-corrected chi connectivity index (χ2v) is 7.06. The summed E-state index contributed by atoms with van der Waals surface area (Å²) in [6.45, 7) is 0.874. The highest BCUT2D eigenvalue weighted by molar-refractivity contribution is 7.17. The molecule has 29 heavy (non-hydrogen) atoms. The lowest BCUT2D eigenvalue weighted by Gasteiger charge is -2.23. The van der Waals surface area contributed by atoms with Crippen molar-refractivity contribution in [2.45, 2.75) is 19.3 Å². The van der Waals surface area contributed by atoms with Crippen LogP contribution in [0.15, 0.2) is 30.3 Å². The van der Waals surface area contributed by atoms with Gasteiger partial charge in [0.2, 0.25) is 12.5 Å². The molecule has 1 aliphatic heterocycles. The highest BCUT2D eigenvalue weighted by atomic mass is 31.1. The van der Waals surface area contributed by atoms with Crippen LogP contribution >= 0.6 is 8.69 Å². The van der Waals surface area contributed by atoms with Crippen LogP contribution in [0.1, 0.15) is 17.5 Å². The van der Waals surface area contributed by atoms with Crippen LogP contribution in [0.4, 0.5) is 0 Å². The number of fused-ring (bicyclic) bond motifs is 2. The van der Waals surface area contributed by atoms with Crippen LogP contribution < -0.4 is 23.7 Å². The molecule has 7 nitrogen and oxygen atoms in total. The average molecular weight is 420 g/mol. The summed E-state index contributed by atoms with van der Waals surface area (Å²) in [5.74, 6) is 4.13. The lowest BCUT2D eigenvalue weighted by Crippen LogP contribution is -2.17. The molecule has 0 N–H and O–H groups in total. The first kappa shape index (κ1) is 21.2. The van der Waals surface area contributed by atoms with Gasteiger partial charge in [0.15, 0.2) is 23.0 Å². The van der Waals surface area contributed by atoms with Crippen molar-refractivity contribution < 1.29 is 32.8 Å². The molecule has 0 saturated heterocycles. The molecule has 0 radical (unpaired) electrons. The highest BCUT2D eigenvalue weighted by Crippen LogP contribution is 2.38. The number of hydrogen-bond acceptors (Lipinski definition) is 7. The van der Waals surface area contributed by atoms with Crippen molar-refractivity contribution >= 4 is 8.69 Å². The normalized spacial score (nSPS) is 16.4.